The number of carbonyl (C=O) groups excluding carboxylic acids is 3. The average Bonchev–Trinajstić information content (AvgIpc) is 2.67. The van der Waals surface area contributed by atoms with Crippen LogP contribution in [-0.4, -0.2) is 47.9 Å². The second-order valence-electron chi connectivity index (χ2n) is 9.79. The van der Waals surface area contributed by atoms with Crippen LogP contribution >= 0.6 is 0 Å². The summed E-state index contributed by atoms with van der Waals surface area (Å²) in [4.78, 5) is 38.9. The zero-order valence-electron chi connectivity index (χ0n) is 18.1. The lowest BCUT2D eigenvalue weighted by molar-refractivity contribution is -0.125. The van der Waals surface area contributed by atoms with E-state index in [4.69, 9.17) is 0 Å². The van der Waals surface area contributed by atoms with Crippen molar-refractivity contribution in [3.63, 3.8) is 0 Å². The van der Waals surface area contributed by atoms with E-state index in [9.17, 15) is 18.8 Å². The second-order valence-corrected chi connectivity index (χ2v) is 9.79. The predicted octanol–water partition coefficient (Wildman–Crippen LogP) is 2.88. The van der Waals surface area contributed by atoms with Gasteiger partial charge in [0.1, 0.15) is 5.82 Å². The Bertz CT molecular complexity index is 822. The van der Waals surface area contributed by atoms with Crippen LogP contribution in [0.2, 0.25) is 0 Å². The molecule has 31 heavy (non-hydrogen) atoms. The molecule has 4 saturated carbocycles. The number of hydrogen-bond acceptors (Lipinski definition) is 4. The van der Waals surface area contributed by atoms with Gasteiger partial charge in [-0.05, 0) is 94.5 Å². The fourth-order valence-corrected chi connectivity index (χ4v) is 6.05. The van der Waals surface area contributed by atoms with Gasteiger partial charge in [0.05, 0.1) is 12.6 Å². The summed E-state index contributed by atoms with van der Waals surface area (Å²) in [5.41, 5.74) is 0.315. The van der Waals surface area contributed by atoms with E-state index in [1.54, 1.807) is 18.9 Å². The molecule has 1 aromatic rings. The van der Waals surface area contributed by atoms with E-state index < -0.39 is 18.0 Å². The van der Waals surface area contributed by atoms with Crippen molar-refractivity contribution in [3.05, 3.63) is 30.1 Å². The first-order chi connectivity index (χ1) is 14.7. The van der Waals surface area contributed by atoms with Crippen LogP contribution in [0.4, 0.5) is 14.9 Å². The number of rotatable bonds is 6. The van der Waals surface area contributed by atoms with Crippen molar-refractivity contribution in [1.82, 2.24) is 15.5 Å². The molecule has 4 aliphatic carbocycles. The Hall–Kier alpha value is -2.48. The second kappa shape index (κ2) is 8.57. The summed E-state index contributed by atoms with van der Waals surface area (Å²) in [7, 11) is 1.64. The van der Waals surface area contributed by atoms with Crippen molar-refractivity contribution >= 4 is 23.5 Å². The molecule has 0 aromatic heterocycles. The molecule has 168 valence electrons. The maximum absolute atomic E-state index is 13.0. The van der Waals surface area contributed by atoms with Crippen molar-refractivity contribution < 1.29 is 18.8 Å². The topological polar surface area (TPSA) is 90.5 Å². The van der Waals surface area contributed by atoms with Gasteiger partial charge in [0, 0.05) is 11.2 Å². The minimum Gasteiger partial charge on any atom is -0.332 e. The first kappa shape index (κ1) is 21.7. The molecule has 0 spiro atoms. The number of anilines is 1. The molecule has 3 N–H and O–H groups in total. The summed E-state index contributed by atoms with van der Waals surface area (Å²) >= 11 is 0. The zero-order chi connectivity index (χ0) is 22.2. The monoisotopic (exact) mass is 430 g/mol. The lowest BCUT2D eigenvalue weighted by Gasteiger charge is -2.56. The summed E-state index contributed by atoms with van der Waals surface area (Å²) < 4.78 is 13.0. The molecule has 4 amide bonds. The zero-order valence-corrected chi connectivity index (χ0v) is 18.1. The van der Waals surface area contributed by atoms with Gasteiger partial charge >= 0.3 is 6.03 Å². The molecule has 7 nitrogen and oxygen atoms in total. The Morgan fingerprint density at radius 3 is 2.16 bits per heavy atom. The summed E-state index contributed by atoms with van der Waals surface area (Å²) in [6.07, 6.45) is 6.88. The number of nitrogens with one attached hydrogen (secondary N) is 3. The summed E-state index contributed by atoms with van der Waals surface area (Å²) in [5.74, 6) is 0.948. The van der Waals surface area contributed by atoms with Gasteiger partial charge < -0.3 is 10.6 Å². The predicted molar refractivity (Wildman–Crippen MR) is 115 cm³/mol. The first-order valence-electron chi connectivity index (χ1n) is 11.1. The van der Waals surface area contributed by atoms with Gasteiger partial charge in [0.2, 0.25) is 11.8 Å². The van der Waals surface area contributed by atoms with Gasteiger partial charge in [-0.2, -0.15) is 0 Å². The quantitative estimate of drug-likeness (QED) is 0.647. The van der Waals surface area contributed by atoms with Crippen molar-refractivity contribution in [2.24, 2.45) is 17.8 Å². The molecule has 1 atom stereocenters. The third kappa shape index (κ3) is 5.06. The molecule has 8 heteroatoms. The maximum atomic E-state index is 13.0. The Labute approximate surface area is 182 Å². The largest absolute Gasteiger partial charge is 0.332 e. The number of amides is 4. The lowest BCUT2D eigenvalue weighted by atomic mass is 9.53. The fraction of sp³-hybridized carbons (Fsp3) is 0.609. The Kier molecular flexibility index (Phi) is 6.01. The Balaban J connectivity index is 1.25. The number of halogens is 1. The van der Waals surface area contributed by atoms with E-state index in [-0.39, 0.29) is 23.8 Å². The van der Waals surface area contributed by atoms with Crippen molar-refractivity contribution in [1.29, 1.82) is 0 Å². The highest BCUT2D eigenvalue weighted by Crippen LogP contribution is 2.55. The Morgan fingerprint density at radius 2 is 1.61 bits per heavy atom. The van der Waals surface area contributed by atoms with Gasteiger partial charge in [0.25, 0.3) is 0 Å². The molecule has 0 aliphatic heterocycles. The van der Waals surface area contributed by atoms with Crippen LogP contribution < -0.4 is 16.0 Å². The number of imide groups is 1. The van der Waals surface area contributed by atoms with Crippen molar-refractivity contribution in [3.8, 4) is 0 Å². The third-order valence-corrected chi connectivity index (χ3v) is 7.22. The van der Waals surface area contributed by atoms with Crippen LogP contribution in [0, 0.1) is 23.6 Å². The van der Waals surface area contributed by atoms with Gasteiger partial charge in [-0.25, -0.2) is 9.18 Å². The molecular weight excluding hydrogens is 399 g/mol. The molecule has 0 radical (unpaired) electrons. The summed E-state index contributed by atoms with van der Waals surface area (Å²) in [6.45, 7) is 1.61. The molecule has 5 rings (SSSR count). The molecule has 0 heterocycles. The molecule has 4 bridgehead atoms. The number of nitrogens with zero attached hydrogens (tertiary/aromatic N) is 1. The van der Waals surface area contributed by atoms with Crippen molar-refractivity contribution in [2.45, 2.75) is 57.0 Å². The number of likely N-dealkylation sites (N-methyl/N-ethyl adjacent to an activating group) is 1. The van der Waals surface area contributed by atoms with E-state index in [2.05, 4.69) is 16.0 Å². The van der Waals surface area contributed by atoms with Gasteiger partial charge in [-0.3, -0.25) is 19.8 Å². The van der Waals surface area contributed by atoms with Crippen LogP contribution in [0.5, 0.6) is 0 Å². The number of hydrogen-bond donors (Lipinski definition) is 3. The highest BCUT2D eigenvalue weighted by atomic mass is 19.1. The minimum atomic E-state index is -0.666. The molecular formula is C23H31FN4O3. The first-order valence-corrected chi connectivity index (χ1v) is 11.1. The highest BCUT2D eigenvalue weighted by molar-refractivity contribution is 5.98. The fourth-order valence-electron chi connectivity index (χ4n) is 6.05. The van der Waals surface area contributed by atoms with Crippen LogP contribution in [0.1, 0.15) is 45.4 Å². The van der Waals surface area contributed by atoms with Crippen LogP contribution in [-0.2, 0) is 9.59 Å². The molecule has 0 saturated heterocycles. The van der Waals surface area contributed by atoms with Crippen molar-refractivity contribution in [2.75, 3.05) is 18.9 Å². The smallest absolute Gasteiger partial charge is 0.321 e. The molecule has 0 unspecified atom stereocenters. The van der Waals surface area contributed by atoms with Gasteiger partial charge in [0.15, 0.2) is 0 Å². The average molecular weight is 431 g/mol. The third-order valence-electron chi connectivity index (χ3n) is 7.22. The van der Waals surface area contributed by atoms with Gasteiger partial charge in [-0.1, -0.05) is 0 Å². The van der Waals surface area contributed by atoms with E-state index in [1.165, 1.54) is 43.5 Å². The van der Waals surface area contributed by atoms with E-state index in [0.717, 1.165) is 19.3 Å². The minimum absolute atomic E-state index is 0.0391. The lowest BCUT2D eigenvalue weighted by Crippen LogP contribution is -2.62. The van der Waals surface area contributed by atoms with Gasteiger partial charge in [-0.15, -0.1) is 0 Å². The normalized spacial score (nSPS) is 29.5. The molecule has 4 aliphatic rings. The SMILES string of the molecule is C[C@H](C(=O)NC(=O)NC12CC3CC(CC(C3)C1)C2)N(C)CC(=O)Nc1ccc(F)cc1. The molecule has 4 fully saturated rings. The maximum Gasteiger partial charge on any atom is 0.321 e. The van der Waals surface area contributed by atoms with Crippen LogP contribution in [0.25, 0.3) is 0 Å². The number of benzene rings is 1. The number of urea groups is 1. The summed E-state index contributed by atoms with van der Waals surface area (Å²) in [5, 5.41) is 8.25. The highest BCUT2D eigenvalue weighted by Gasteiger charge is 2.51. The van der Waals surface area contributed by atoms with Crippen LogP contribution in [0.3, 0.4) is 0 Å². The Morgan fingerprint density at radius 1 is 1.06 bits per heavy atom. The van der Waals surface area contributed by atoms with E-state index >= 15 is 0 Å². The number of carbonyl (C=O) groups is 3. The molecule has 1 aromatic carbocycles. The summed E-state index contributed by atoms with van der Waals surface area (Å²) in [6, 6.07) is 4.36. The van der Waals surface area contributed by atoms with E-state index in [1.807, 2.05) is 0 Å². The van der Waals surface area contributed by atoms with E-state index in [0.29, 0.717) is 23.4 Å². The van der Waals surface area contributed by atoms with Crippen LogP contribution in [0.15, 0.2) is 24.3 Å². The standard InChI is InChI=1S/C23H31FN4O3/c1-14(28(2)13-20(29)25-19-5-3-18(24)4-6-19)21(30)26-22(31)27-23-10-15-7-16(11-23)9-17(8-15)12-23/h3-6,14-17H,7-13H2,1-2H3,(H,25,29)(H2,26,27,30,31)/t14-,15?,16?,17?,23?/m1/s1.